The van der Waals surface area contributed by atoms with Crippen LogP contribution in [0.5, 0.6) is 5.75 Å². The van der Waals surface area contributed by atoms with Gasteiger partial charge in [-0.25, -0.2) is 0 Å². The SMILES string of the molecule is COc1ccc(-c2ccc([SH+]c3ccccc3)cc2)cc1.F[P-](F)(F)(F)(F)F. The zero-order valence-corrected chi connectivity index (χ0v) is 16.4. The zero-order chi connectivity index (χ0) is 20.9. The second kappa shape index (κ2) is 7.68. The third kappa shape index (κ3) is 9.67. The first kappa shape index (κ1) is 22.1. The van der Waals surface area contributed by atoms with Crippen LogP contribution in [-0.2, 0) is 11.8 Å². The molecular weight excluding hydrogens is 421 g/mol. The maximum atomic E-state index is 9.87. The number of ether oxygens (including phenoxy) is 1. The van der Waals surface area contributed by atoms with E-state index in [1.54, 1.807) is 7.11 Å². The van der Waals surface area contributed by atoms with Crippen molar-refractivity contribution in [2.45, 2.75) is 9.79 Å². The van der Waals surface area contributed by atoms with Crippen LogP contribution in [0.1, 0.15) is 0 Å². The van der Waals surface area contributed by atoms with E-state index in [1.165, 1.54) is 32.7 Å². The molecule has 3 aromatic carbocycles. The number of halogens is 6. The second-order valence-corrected chi connectivity index (χ2v) is 8.85. The minimum atomic E-state index is -10.7. The van der Waals surface area contributed by atoms with Gasteiger partial charge in [-0.05, 0) is 59.7 Å². The van der Waals surface area contributed by atoms with Crippen molar-refractivity contribution in [1.29, 1.82) is 0 Å². The Balaban J connectivity index is 0.000000345. The van der Waals surface area contributed by atoms with Gasteiger partial charge in [-0.2, -0.15) is 0 Å². The summed E-state index contributed by atoms with van der Waals surface area (Å²) in [6.45, 7) is 0. The molecule has 3 aromatic rings. The Kier molecular flexibility index (Phi) is 6.07. The number of rotatable bonds is 4. The van der Waals surface area contributed by atoms with Gasteiger partial charge in [-0.1, -0.05) is 30.3 Å². The standard InChI is InChI=1S/C19H16OS.F6P/c1-20-17-11-7-15(8-12-17)16-9-13-19(14-10-16)21-18-5-3-2-4-6-18;1-7(2,3,4,5)6/h2-14H,1H3;/q;-1/p+1. The average Bonchev–Trinajstić information content (AvgIpc) is 2.61. The molecule has 28 heavy (non-hydrogen) atoms. The molecule has 0 heterocycles. The molecular formula is C19H17F6OPS. The number of thiol groups is 1. The van der Waals surface area contributed by atoms with Gasteiger partial charge < -0.3 is 4.74 Å². The topological polar surface area (TPSA) is 9.23 Å². The molecule has 0 aliphatic rings. The van der Waals surface area contributed by atoms with Crippen LogP contribution in [0, 0.1) is 0 Å². The molecule has 9 heteroatoms. The van der Waals surface area contributed by atoms with Gasteiger partial charge >= 0.3 is 33.0 Å². The van der Waals surface area contributed by atoms with Gasteiger partial charge in [0.05, 0.1) is 7.11 Å². The predicted octanol–water partition coefficient (Wildman–Crippen LogP) is 7.98. The van der Waals surface area contributed by atoms with E-state index < -0.39 is 7.81 Å². The summed E-state index contributed by atoms with van der Waals surface area (Å²) >= 11 is 1.24. The quantitative estimate of drug-likeness (QED) is 0.174. The molecule has 1 nitrogen and oxygen atoms in total. The van der Waals surface area contributed by atoms with Crippen LogP contribution < -0.4 is 4.74 Å². The van der Waals surface area contributed by atoms with Crippen LogP contribution >= 0.6 is 7.81 Å². The summed E-state index contributed by atoms with van der Waals surface area (Å²) in [5.74, 6) is 0.887. The van der Waals surface area contributed by atoms with Crippen molar-refractivity contribution in [3.05, 3.63) is 78.9 Å². The first-order valence-corrected chi connectivity index (χ1v) is 10.8. The molecule has 0 aliphatic heterocycles. The van der Waals surface area contributed by atoms with Crippen LogP contribution in [0.2, 0.25) is 0 Å². The van der Waals surface area contributed by atoms with Crippen molar-refractivity contribution >= 4 is 19.6 Å². The molecule has 0 unspecified atom stereocenters. The van der Waals surface area contributed by atoms with E-state index in [4.69, 9.17) is 4.74 Å². The fourth-order valence-corrected chi connectivity index (χ4v) is 3.08. The van der Waals surface area contributed by atoms with Crippen LogP contribution in [0.3, 0.4) is 0 Å². The van der Waals surface area contributed by atoms with E-state index in [0.717, 1.165) is 5.75 Å². The molecule has 0 radical (unpaired) electrons. The normalized spacial score (nSPS) is 13.5. The van der Waals surface area contributed by atoms with E-state index in [-0.39, 0.29) is 0 Å². The molecule has 0 amide bonds. The fraction of sp³-hybridized carbons (Fsp3) is 0.0526. The van der Waals surface area contributed by atoms with Crippen molar-refractivity contribution in [3.8, 4) is 16.9 Å². The Morgan fingerprint density at radius 3 is 1.43 bits per heavy atom. The fourth-order valence-electron chi connectivity index (χ4n) is 2.16. The third-order valence-electron chi connectivity index (χ3n) is 3.31. The van der Waals surface area contributed by atoms with Gasteiger partial charge in [0.25, 0.3) is 0 Å². The van der Waals surface area contributed by atoms with Gasteiger partial charge in [-0.15, -0.1) is 0 Å². The summed E-state index contributed by atoms with van der Waals surface area (Å²) < 4.78 is 64.4. The maximum absolute atomic E-state index is 10.7. The first-order valence-electron chi connectivity index (χ1n) is 7.88. The Hall–Kier alpha value is -2.18. The van der Waals surface area contributed by atoms with Crippen LogP contribution in [0.15, 0.2) is 88.7 Å². The van der Waals surface area contributed by atoms with Gasteiger partial charge in [-0.3, -0.25) is 0 Å². The molecule has 0 fully saturated rings. The number of methoxy groups -OCH3 is 1. The third-order valence-corrected chi connectivity index (χ3v) is 4.42. The molecule has 0 N–H and O–H groups in total. The predicted molar refractivity (Wildman–Crippen MR) is 104 cm³/mol. The van der Waals surface area contributed by atoms with E-state index in [1.807, 2.05) is 18.2 Å². The summed E-state index contributed by atoms with van der Waals surface area (Å²) in [5, 5.41) is 0. The summed E-state index contributed by atoms with van der Waals surface area (Å²) in [6.07, 6.45) is 0. The minimum absolute atomic E-state index is 0.887. The average molecular weight is 438 g/mol. The Bertz CT molecular complexity index is 884. The molecule has 0 aromatic heterocycles. The van der Waals surface area contributed by atoms with Crippen LogP contribution in [0.25, 0.3) is 11.1 Å². The van der Waals surface area contributed by atoms with Crippen LogP contribution in [-0.4, -0.2) is 7.11 Å². The molecule has 0 atom stereocenters. The van der Waals surface area contributed by atoms with E-state index in [2.05, 4.69) is 60.7 Å². The Morgan fingerprint density at radius 1 is 0.607 bits per heavy atom. The number of benzene rings is 3. The summed E-state index contributed by atoms with van der Waals surface area (Å²) in [4.78, 5) is 2.62. The molecule has 3 rings (SSSR count). The van der Waals surface area contributed by atoms with Gasteiger partial charge in [0.2, 0.25) is 0 Å². The van der Waals surface area contributed by atoms with Crippen molar-refractivity contribution in [2.24, 2.45) is 0 Å². The second-order valence-electron chi connectivity index (χ2n) is 5.68. The molecule has 152 valence electrons. The van der Waals surface area contributed by atoms with Gasteiger partial charge in [0.1, 0.15) is 5.75 Å². The van der Waals surface area contributed by atoms with Crippen LogP contribution in [0.4, 0.5) is 25.2 Å². The van der Waals surface area contributed by atoms with Gasteiger partial charge in [0.15, 0.2) is 9.79 Å². The zero-order valence-electron chi connectivity index (χ0n) is 14.6. The molecule has 0 bridgehead atoms. The Labute approximate surface area is 162 Å². The Morgan fingerprint density at radius 2 is 1.00 bits per heavy atom. The number of hydrogen-bond donors (Lipinski definition) is 0. The monoisotopic (exact) mass is 438 g/mol. The van der Waals surface area contributed by atoms with Crippen molar-refractivity contribution in [3.63, 3.8) is 0 Å². The number of hydrogen-bond acceptors (Lipinski definition) is 1. The van der Waals surface area contributed by atoms with E-state index in [0.29, 0.717) is 0 Å². The summed E-state index contributed by atoms with van der Waals surface area (Å²) in [7, 11) is -8.97. The molecule has 0 spiro atoms. The molecule has 0 aliphatic carbocycles. The summed E-state index contributed by atoms with van der Waals surface area (Å²) in [6, 6.07) is 27.4. The summed E-state index contributed by atoms with van der Waals surface area (Å²) in [5.41, 5.74) is 2.43. The molecule has 0 saturated carbocycles. The van der Waals surface area contributed by atoms with Gasteiger partial charge in [0, 0.05) is 11.8 Å². The van der Waals surface area contributed by atoms with E-state index in [9.17, 15) is 25.2 Å². The van der Waals surface area contributed by atoms with E-state index >= 15 is 0 Å². The van der Waals surface area contributed by atoms with Crippen molar-refractivity contribution in [1.82, 2.24) is 0 Å². The molecule has 0 saturated heterocycles. The van der Waals surface area contributed by atoms with Crippen molar-refractivity contribution < 1.29 is 29.9 Å². The first-order chi connectivity index (χ1) is 12.8. The van der Waals surface area contributed by atoms with Crippen molar-refractivity contribution in [2.75, 3.05) is 7.11 Å².